The number of carboxylic acids is 1. The van der Waals surface area contributed by atoms with E-state index in [9.17, 15) is 14.4 Å². The highest BCUT2D eigenvalue weighted by Crippen LogP contribution is 2.18. The SMILES string of the molecule is O=C(O)CNC(=O)c1ccc(-c2ccc(Cl)cc2)[nH]c1=O. The molecular formula is C14H11ClN2O4. The van der Waals surface area contributed by atoms with Crippen molar-refractivity contribution in [2.75, 3.05) is 6.54 Å². The van der Waals surface area contributed by atoms with Gasteiger partial charge in [-0.3, -0.25) is 14.4 Å². The molecule has 7 heteroatoms. The lowest BCUT2D eigenvalue weighted by atomic mass is 10.1. The lowest BCUT2D eigenvalue weighted by Gasteiger charge is -2.05. The van der Waals surface area contributed by atoms with E-state index in [-0.39, 0.29) is 5.56 Å². The Kier molecular flexibility index (Phi) is 4.39. The summed E-state index contributed by atoms with van der Waals surface area (Å²) in [7, 11) is 0. The summed E-state index contributed by atoms with van der Waals surface area (Å²) in [5.74, 6) is -1.92. The number of amides is 1. The van der Waals surface area contributed by atoms with Crippen LogP contribution in [0.4, 0.5) is 0 Å². The second kappa shape index (κ2) is 6.23. The Hall–Kier alpha value is -2.60. The largest absolute Gasteiger partial charge is 0.480 e. The van der Waals surface area contributed by atoms with Crippen LogP contribution in [0.25, 0.3) is 11.3 Å². The van der Waals surface area contributed by atoms with Gasteiger partial charge < -0.3 is 15.4 Å². The van der Waals surface area contributed by atoms with Crippen molar-refractivity contribution in [1.29, 1.82) is 0 Å². The third-order valence-corrected chi connectivity index (χ3v) is 2.96. The standard InChI is InChI=1S/C14H11ClN2O4/c15-9-3-1-8(2-4-9)11-6-5-10(14(21)17-11)13(20)16-7-12(18)19/h1-6H,7H2,(H,16,20)(H,17,21)(H,18,19). The molecule has 0 unspecified atom stereocenters. The van der Waals surface area contributed by atoms with Crippen molar-refractivity contribution in [1.82, 2.24) is 10.3 Å². The van der Waals surface area contributed by atoms with Crippen molar-refractivity contribution in [2.24, 2.45) is 0 Å². The van der Waals surface area contributed by atoms with Gasteiger partial charge in [-0.1, -0.05) is 23.7 Å². The average molecular weight is 307 g/mol. The fourth-order valence-electron chi connectivity index (χ4n) is 1.70. The molecule has 2 rings (SSSR count). The summed E-state index contributed by atoms with van der Waals surface area (Å²) in [6.07, 6.45) is 0. The van der Waals surface area contributed by atoms with Crippen molar-refractivity contribution in [3.05, 3.63) is 57.3 Å². The van der Waals surface area contributed by atoms with Crippen molar-refractivity contribution < 1.29 is 14.7 Å². The molecule has 0 saturated carbocycles. The number of nitrogens with one attached hydrogen (secondary N) is 2. The van der Waals surface area contributed by atoms with E-state index in [4.69, 9.17) is 16.7 Å². The topological polar surface area (TPSA) is 99.3 Å². The number of aliphatic carboxylic acids is 1. The van der Waals surface area contributed by atoms with Crippen LogP contribution in [0.15, 0.2) is 41.2 Å². The molecule has 3 N–H and O–H groups in total. The maximum absolute atomic E-state index is 11.9. The number of halogens is 1. The summed E-state index contributed by atoms with van der Waals surface area (Å²) < 4.78 is 0. The van der Waals surface area contributed by atoms with E-state index in [1.807, 2.05) is 0 Å². The summed E-state index contributed by atoms with van der Waals surface area (Å²) in [6, 6.07) is 9.75. The first kappa shape index (κ1) is 14.8. The summed E-state index contributed by atoms with van der Waals surface area (Å²) in [4.78, 5) is 36.5. The van der Waals surface area contributed by atoms with E-state index < -0.39 is 24.0 Å². The Morgan fingerprint density at radius 1 is 1.14 bits per heavy atom. The molecule has 0 fully saturated rings. The first-order chi connectivity index (χ1) is 9.97. The molecule has 0 atom stereocenters. The molecule has 21 heavy (non-hydrogen) atoms. The third kappa shape index (κ3) is 3.70. The molecule has 0 bridgehead atoms. The first-order valence-corrected chi connectivity index (χ1v) is 6.34. The Balaban J connectivity index is 2.25. The number of carboxylic acid groups (broad SMARTS) is 1. The summed E-state index contributed by atoms with van der Waals surface area (Å²) in [5, 5.41) is 11.2. The van der Waals surface area contributed by atoms with Crippen molar-refractivity contribution >= 4 is 23.5 Å². The molecule has 0 saturated heterocycles. The molecule has 2 aromatic rings. The minimum atomic E-state index is -1.18. The van der Waals surface area contributed by atoms with Gasteiger partial charge in [0.05, 0.1) is 0 Å². The second-order valence-corrected chi connectivity index (χ2v) is 4.63. The zero-order valence-electron chi connectivity index (χ0n) is 10.7. The van der Waals surface area contributed by atoms with Crippen LogP contribution >= 0.6 is 11.6 Å². The number of aromatic amines is 1. The number of H-pyrrole nitrogens is 1. The van der Waals surface area contributed by atoms with Gasteiger partial charge in [-0.2, -0.15) is 0 Å². The summed E-state index contributed by atoms with van der Waals surface area (Å²) >= 11 is 5.78. The predicted molar refractivity (Wildman–Crippen MR) is 77.5 cm³/mol. The fourth-order valence-corrected chi connectivity index (χ4v) is 1.83. The number of pyridine rings is 1. The van der Waals surface area contributed by atoms with Gasteiger partial charge >= 0.3 is 5.97 Å². The first-order valence-electron chi connectivity index (χ1n) is 5.96. The molecule has 1 amide bonds. The maximum Gasteiger partial charge on any atom is 0.322 e. The molecule has 0 aliphatic carbocycles. The molecule has 0 aliphatic rings. The van der Waals surface area contributed by atoms with Crippen molar-refractivity contribution in [3.8, 4) is 11.3 Å². The predicted octanol–water partition coefficient (Wildman–Crippen LogP) is 1.51. The maximum atomic E-state index is 11.9. The van der Waals surface area contributed by atoms with E-state index in [0.29, 0.717) is 10.7 Å². The molecule has 0 spiro atoms. The Morgan fingerprint density at radius 3 is 2.38 bits per heavy atom. The lowest BCUT2D eigenvalue weighted by Crippen LogP contribution is -2.33. The van der Waals surface area contributed by atoms with E-state index in [0.717, 1.165) is 5.56 Å². The van der Waals surface area contributed by atoms with Crippen LogP contribution in [0.2, 0.25) is 5.02 Å². The highest BCUT2D eigenvalue weighted by atomic mass is 35.5. The normalized spacial score (nSPS) is 10.1. The highest BCUT2D eigenvalue weighted by Gasteiger charge is 2.12. The van der Waals surface area contributed by atoms with Gasteiger partial charge in [-0.15, -0.1) is 0 Å². The van der Waals surface area contributed by atoms with E-state index in [1.54, 1.807) is 30.3 Å². The second-order valence-electron chi connectivity index (χ2n) is 4.20. The van der Waals surface area contributed by atoms with Crippen LogP contribution in [0.1, 0.15) is 10.4 Å². The van der Waals surface area contributed by atoms with E-state index in [1.165, 1.54) is 6.07 Å². The van der Waals surface area contributed by atoms with Crippen LogP contribution in [-0.4, -0.2) is 28.5 Å². The highest BCUT2D eigenvalue weighted by molar-refractivity contribution is 6.30. The zero-order valence-corrected chi connectivity index (χ0v) is 11.5. The molecule has 1 aromatic carbocycles. The number of carbonyl (C=O) groups is 2. The average Bonchev–Trinajstić information content (AvgIpc) is 2.45. The Labute approximate surface area is 124 Å². The minimum absolute atomic E-state index is 0.144. The third-order valence-electron chi connectivity index (χ3n) is 2.71. The van der Waals surface area contributed by atoms with Crippen LogP contribution in [0.5, 0.6) is 0 Å². The summed E-state index contributed by atoms with van der Waals surface area (Å²) in [6.45, 7) is -0.544. The lowest BCUT2D eigenvalue weighted by molar-refractivity contribution is -0.135. The van der Waals surface area contributed by atoms with Gasteiger partial charge in [0.2, 0.25) is 0 Å². The van der Waals surface area contributed by atoms with Gasteiger partial charge in [0, 0.05) is 10.7 Å². The molecule has 0 aliphatic heterocycles. The van der Waals surface area contributed by atoms with E-state index >= 15 is 0 Å². The number of rotatable bonds is 4. The number of benzene rings is 1. The van der Waals surface area contributed by atoms with Crippen molar-refractivity contribution in [3.63, 3.8) is 0 Å². The number of carbonyl (C=O) groups excluding carboxylic acids is 1. The van der Waals surface area contributed by atoms with Crippen molar-refractivity contribution in [2.45, 2.75) is 0 Å². The fraction of sp³-hybridized carbons (Fsp3) is 0.0714. The molecular weight excluding hydrogens is 296 g/mol. The van der Waals surface area contributed by atoms with Gasteiger partial charge in [0.25, 0.3) is 11.5 Å². The van der Waals surface area contributed by atoms with Crippen LogP contribution in [0, 0.1) is 0 Å². The van der Waals surface area contributed by atoms with Gasteiger partial charge in [0.1, 0.15) is 12.1 Å². The van der Waals surface area contributed by atoms with Gasteiger partial charge in [0.15, 0.2) is 0 Å². The summed E-state index contributed by atoms with van der Waals surface area (Å²) in [5.41, 5.74) is 0.541. The Morgan fingerprint density at radius 2 is 1.81 bits per heavy atom. The molecule has 1 aromatic heterocycles. The van der Waals surface area contributed by atoms with Gasteiger partial charge in [-0.25, -0.2) is 0 Å². The van der Waals surface area contributed by atoms with Crippen LogP contribution < -0.4 is 10.9 Å². The molecule has 108 valence electrons. The van der Waals surface area contributed by atoms with Crippen LogP contribution in [0.3, 0.4) is 0 Å². The number of hydrogen-bond acceptors (Lipinski definition) is 3. The monoisotopic (exact) mass is 306 g/mol. The van der Waals surface area contributed by atoms with Gasteiger partial charge in [-0.05, 0) is 29.8 Å². The Bertz CT molecular complexity index is 737. The molecule has 0 radical (unpaired) electrons. The van der Waals surface area contributed by atoms with E-state index in [2.05, 4.69) is 10.3 Å². The van der Waals surface area contributed by atoms with Crippen LogP contribution in [-0.2, 0) is 4.79 Å². The molecule has 6 nitrogen and oxygen atoms in total. The number of hydrogen-bond donors (Lipinski definition) is 3. The smallest absolute Gasteiger partial charge is 0.322 e. The minimum Gasteiger partial charge on any atom is -0.480 e. The number of aromatic nitrogens is 1. The molecule has 1 heterocycles. The quantitative estimate of drug-likeness (QED) is 0.797. The zero-order chi connectivity index (χ0) is 15.4.